The molecule has 4 N–H and O–H groups in total. The molecule has 1 aromatic heterocycles. The third kappa shape index (κ3) is 4.38. The van der Waals surface area contributed by atoms with Gasteiger partial charge in [0.1, 0.15) is 11.5 Å². The highest BCUT2D eigenvalue weighted by atomic mass is 16.5. The lowest BCUT2D eigenvalue weighted by Crippen LogP contribution is -2.22. The van der Waals surface area contributed by atoms with E-state index in [1.54, 1.807) is 0 Å². The molecule has 6 nitrogen and oxygen atoms in total. The number of nitrogens with one attached hydrogen (secondary N) is 2. The Morgan fingerprint density at radius 3 is 2.60 bits per heavy atom. The predicted octanol–water partition coefficient (Wildman–Crippen LogP) is 3.75. The second-order valence-corrected chi connectivity index (χ2v) is 5.68. The monoisotopic (exact) mass is 335 g/mol. The van der Waals surface area contributed by atoms with Gasteiger partial charge in [-0.15, -0.1) is 0 Å². The van der Waals surface area contributed by atoms with Crippen molar-refractivity contribution in [3.8, 4) is 11.5 Å². The van der Waals surface area contributed by atoms with Crippen LogP contribution in [-0.2, 0) is 6.54 Å². The zero-order valence-corrected chi connectivity index (χ0v) is 14.3. The molecule has 0 fully saturated rings. The lowest BCUT2D eigenvalue weighted by atomic mass is 10.2. The molecule has 0 aliphatic rings. The average molecular weight is 335 g/mol. The number of H-pyrrole nitrogens is 1. The van der Waals surface area contributed by atoms with Gasteiger partial charge in [-0.25, -0.2) is 4.99 Å². The van der Waals surface area contributed by atoms with Crippen molar-refractivity contribution >= 4 is 11.6 Å². The Morgan fingerprint density at radius 2 is 1.88 bits per heavy atom. The van der Waals surface area contributed by atoms with Crippen LogP contribution < -0.4 is 15.8 Å². The van der Waals surface area contributed by atoms with Crippen LogP contribution in [0.25, 0.3) is 0 Å². The first-order valence-electron chi connectivity index (χ1n) is 8.02. The van der Waals surface area contributed by atoms with E-state index >= 15 is 0 Å². The van der Waals surface area contributed by atoms with Crippen LogP contribution >= 0.6 is 0 Å². The number of guanidine groups is 1. The minimum atomic E-state index is 0.344. The summed E-state index contributed by atoms with van der Waals surface area (Å²) >= 11 is 0. The lowest BCUT2D eigenvalue weighted by molar-refractivity contribution is 0.483. The summed E-state index contributed by atoms with van der Waals surface area (Å²) in [6, 6.07) is 17.2. The maximum atomic E-state index is 5.99. The van der Waals surface area contributed by atoms with Crippen molar-refractivity contribution in [3.05, 3.63) is 71.5 Å². The van der Waals surface area contributed by atoms with E-state index < -0.39 is 0 Å². The van der Waals surface area contributed by atoms with Crippen molar-refractivity contribution in [2.24, 2.45) is 10.7 Å². The van der Waals surface area contributed by atoms with E-state index in [1.165, 1.54) is 0 Å². The predicted molar refractivity (Wildman–Crippen MR) is 100.0 cm³/mol. The number of anilines is 1. The summed E-state index contributed by atoms with van der Waals surface area (Å²) < 4.78 is 5.82. The van der Waals surface area contributed by atoms with Gasteiger partial charge in [0.15, 0.2) is 5.96 Å². The molecule has 3 rings (SSSR count). The molecule has 0 aliphatic carbocycles. The van der Waals surface area contributed by atoms with E-state index in [1.807, 2.05) is 68.4 Å². The Balaban J connectivity index is 1.66. The molecule has 0 amide bonds. The molecule has 128 valence electrons. The Morgan fingerprint density at radius 1 is 1.12 bits per heavy atom. The van der Waals surface area contributed by atoms with Crippen LogP contribution in [0.15, 0.2) is 59.6 Å². The van der Waals surface area contributed by atoms with E-state index in [9.17, 15) is 0 Å². The minimum absolute atomic E-state index is 0.344. The summed E-state index contributed by atoms with van der Waals surface area (Å²) in [6.07, 6.45) is 0. The average Bonchev–Trinajstić information content (AvgIpc) is 2.92. The molecule has 1 heterocycles. The number of aliphatic imine (C=N–C) groups is 1. The summed E-state index contributed by atoms with van der Waals surface area (Å²) in [5.41, 5.74) is 9.81. The normalized spacial score (nSPS) is 11.4. The summed E-state index contributed by atoms with van der Waals surface area (Å²) in [7, 11) is 0. The fourth-order valence-corrected chi connectivity index (χ4v) is 2.42. The molecule has 6 heteroatoms. The van der Waals surface area contributed by atoms with Crippen LogP contribution in [0.4, 0.5) is 5.69 Å². The first kappa shape index (κ1) is 16.6. The molecule has 25 heavy (non-hydrogen) atoms. The number of hydrogen-bond donors (Lipinski definition) is 3. The number of nitrogens with two attached hydrogens (primary N) is 1. The molecule has 0 saturated heterocycles. The highest BCUT2D eigenvalue weighted by molar-refractivity contribution is 5.92. The molecule has 0 spiro atoms. The highest BCUT2D eigenvalue weighted by Crippen LogP contribution is 2.23. The van der Waals surface area contributed by atoms with Gasteiger partial charge in [-0.3, -0.25) is 5.10 Å². The van der Waals surface area contributed by atoms with Gasteiger partial charge in [0.25, 0.3) is 0 Å². The largest absolute Gasteiger partial charge is 0.457 e. The first-order chi connectivity index (χ1) is 12.1. The summed E-state index contributed by atoms with van der Waals surface area (Å²) in [5, 5.41) is 10.2. The number of aryl methyl sites for hydroxylation is 2. The van der Waals surface area contributed by atoms with Crippen molar-refractivity contribution in [2.75, 3.05) is 5.32 Å². The fourth-order valence-electron chi connectivity index (χ4n) is 2.42. The van der Waals surface area contributed by atoms with Crippen LogP contribution in [0.2, 0.25) is 0 Å². The number of aromatic nitrogens is 2. The second-order valence-electron chi connectivity index (χ2n) is 5.68. The molecule has 2 aromatic carbocycles. The molecule has 3 aromatic rings. The Kier molecular flexibility index (Phi) is 4.99. The van der Waals surface area contributed by atoms with Gasteiger partial charge in [0.2, 0.25) is 0 Å². The van der Waals surface area contributed by atoms with Gasteiger partial charge in [-0.05, 0) is 38.1 Å². The van der Waals surface area contributed by atoms with Crippen LogP contribution in [0.3, 0.4) is 0 Å². The first-order valence-corrected chi connectivity index (χ1v) is 8.02. The van der Waals surface area contributed by atoms with Crippen molar-refractivity contribution in [3.63, 3.8) is 0 Å². The van der Waals surface area contributed by atoms with Gasteiger partial charge in [0, 0.05) is 23.0 Å². The number of aromatic amines is 1. The number of rotatable bonds is 5. The maximum Gasteiger partial charge on any atom is 0.193 e. The third-order valence-corrected chi connectivity index (χ3v) is 3.77. The van der Waals surface area contributed by atoms with Crippen molar-refractivity contribution in [1.29, 1.82) is 0 Å². The van der Waals surface area contributed by atoms with E-state index in [0.29, 0.717) is 12.5 Å². The standard InChI is InChI=1S/C19H21N5O/c1-13-18(14(2)24-23-13)12-21-19(20)22-15-7-6-10-17(11-15)25-16-8-4-3-5-9-16/h3-11H,12H2,1-2H3,(H,23,24)(H3,20,21,22). The maximum absolute atomic E-state index is 5.99. The summed E-state index contributed by atoms with van der Waals surface area (Å²) in [4.78, 5) is 4.38. The quantitative estimate of drug-likeness (QED) is 0.489. The van der Waals surface area contributed by atoms with Crippen molar-refractivity contribution < 1.29 is 4.74 Å². The molecule has 0 radical (unpaired) electrons. The van der Waals surface area contributed by atoms with E-state index in [0.717, 1.165) is 34.1 Å². The zero-order valence-electron chi connectivity index (χ0n) is 14.3. The van der Waals surface area contributed by atoms with E-state index in [4.69, 9.17) is 10.5 Å². The number of para-hydroxylation sites is 1. The summed E-state index contributed by atoms with van der Waals surface area (Å²) in [6.45, 7) is 4.40. The van der Waals surface area contributed by atoms with Crippen molar-refractivity contribution in [2.45, 2.75) is 20.4 Å². The van der Waals surface area contributed by atoms with Gasteiger partial charge >= 0.3 is 0 Å². The van der Waals surface area contributed by atoms with Crippen LogP contribution in [0.5, 0.6) is 11.5 Å². The van der Waals surface area contributed by atoms with E-state index in [2.05, 4.69) is 20.5 Å². The fraction of sp³-hybridized carbons (Fsp3) is 0.158. The highest BCUT2D eigenvalue weighted by Gasteiger charge is 2.05. The number of benzene rings is 2. The summed E-state index contributed by atoms with van der Waals surface area (Å²) in [5.74, 6) is 1.86. The molecule has 0 atom stereocenters. The molecule has 0 bridgehead atoms. The lowest BCUT2D eigenvalue weighted by Gasteiger charge is -2.09. The molecule has 0 saturated carbocycles. The van der Waals surface area contributed by atoms with Crippen molar-refractivity contribution in [1.82, 2.24) is 10.2 Å². The number of ether oxygens (including phenoxy) is 1. The molecule has 0 unspecified atom stereocenters. The van der Waals surface area contributed by atoms with Crippen LogP contribution in [0, 0.1) is 13.8 Å². The van der Waals surface area contributed by atoms with Gasteiger partial charge in [-0.1, -0.05) is 24.3 Å². The smallest absolute Gasteiger partial charge is 0.193 e. The second kappa shape index (κ2) is 7.53. The molecule has 0 aliphatic heterocycles. The SMILES string of the molecule is Cc1n[nH]c(C)c1CN=C(N)Nc1cccc(Oc2ccccc2)c1. The number of nitrogens with zero attached hydrogens (tertiary/aromatic N) is 2. The third-order valence-electron chi connectivity index (χ3n) is 3.77. The van der Waals surface area contributed by atoms with Gasteiger partial charge < -0.3 is 15.8 Å². The Labute approximate surface area is 146 Å². The topological polar surface area (TPSA) is 88.3 Å². The Bertz CT molecular complexity index is 851. The number of hydrogen-bond acceptors (Lipinski definition) is 3. The zero-order chi connectivity index (χ0) is 17.6. The van der Waals surface area contributed by atoms with E-state index in [-0.39, 0.29) is 0 Å². The van der Waals surface area contributed by atoms with Gasteiger partial charge in [-0.2, -0.15) is 5.10 Å². The van der Waals surface area contributed by atoms with Gasteiger partial charge in [0.05, 0.1) is 12.2 Å². The minimum Gasteiger partial charge on any atom is -0.457 e. The van der Waals surface area contributed by atoms with Crippen LogP contribution in [-0.4, -0.2) is 16.2 Å². The molecular formula is C19H21N5O. The molecular weight excluding hydrogens is 314 g/mol. The Hall–Kier alpha value is -3.28. The van der Waals surface area contributed by atoms with Crippen LogP contribution in [0.1, 0.15) is 17.0 Å².